The van der Waals surface area contributed by atoms with Gasteiger partial charge in [-0.25, -0.2) is 0 Å². The van der Waals surface area contributed by atoms with E-state index in [0.29, 0.717) is 0 Å². The second-order valence-electron chi connectivity index (χ2n) is 7.27. The van der Waals surface area contributed by atoms with E-state index < -0.39 is 0 Å². The zero-order valence-electron chi connectivity index (χ0n) is 14.4. The van der Waals surface area contributed by atoms with Crippen LogP contribution in [0.4, 0.5) is 0 Å². The van der Waals surface area contributed by atoms with Gasteiger partial charge in [0.2, 0.25) is 0 Å². The van der Waals surface area contributed by atoms with Gasteiger partial charge in [-0.1, -0.05) is 48.5 Å². The fraction of sp³-hybridized carbons (Fsp3) is 0.182. The second kappa shape index (κ2) is 5.18. The quantitative estimate of drug-likeness (QED) is 0.595. The van der Waals surface area contributed by atoms with Gasteiger partial charge in [0.15, 0.2) is 0 Å². The summed E-state index contributed by atoms with van der Waals surface area (Å²) in [7, 11) is 0. The molecule has 4 nitrogen and oxygen atoms in total. The van der Waals surface area contributed by atoms with Gasteiger partial charge < -0.3 is 21.3 Å². The van der Waals surface area contributed by atoms with Gasteiger partial charge in [0.25, 0.3) is 0 Å². The van der Waals surface area contributed by atoms with E-state index in [-0.39, 0.29) is 0 Å². The molecule has 0 saturated heterocycles. The molecule has 0 spiro atoms. The molecule has 0 aromatic heterocycles. The summed E-state index contributed by atoms with van der Waals surface area (Å²) in [4.78, 5) is 0. The number of allylic oxidation sites excluding steroid dienone is 2. The van der Waals surface area contributed by atoms with Crippen LogP contribution in [0.15, 0.2) is 71.6 Å². The number of fused-ring (bicyclic) bond motifs is 4. The van der Waals surface area contributed by atoms with Crippen LogP contribution in [0.2, 0.25) is 0 Å². The summed E-state index contributed by atoms with van der Waals surface area (Å²) in [6, 6.07) is 17.4. The number of hydrogen-bond acceptors (Lipinski definition) is 4. The van der Waals surface area contributed by atoms with E-state index in [4.69, 9.17) is 0 Å². The van der Waals surface area contributed by atoms with E-state index in [9.17, 15) is 0 Å². The summed E-state index contributed by atoms with van der Waals surface area (Å²) in [5.41, 5.74) is 10.5. The summed E-state index contributed by atoms with van der Waals surface area (Å²) in [5.74, 6) is 2.05. The smallest absolute Gasteiger partial charge is 0.150 e. The van der Waals surface area contributed by atoms with Gasteiger partial charge in [0, 0.05) is 22.5 Å². The molecule has 2 aliphatic carbocycles. The van der Waals surface area contributed by atoms with Crippen molar-refractivity contribution < 1.29 is 0 Å². The average Bonchev–Trinajstić information content (AvgIpc) is 3.32. The Hall–Kier alpha value is -3.14. The van der Waals surface area contributed by atoms with Gasteiger partial charge in [-0.15, -0.1) is 0 Å². The second-order valence-corrected chi connectivity index (χ2v) is 7.27. The van der Waals surface area contributed by atoms with Gasteiger partial charge >= 0.3 is 0 Å². The predicted molar refractivity (Wildman–Crippen MR) is 103 cm³/mol. The molecule has 2 aromatic carbocycles. The molecule has 4 aliphatic rings. The highest BCUT2D eigenvalue weighted by molar-refractivity contribution is 5.78. The van der Waals surface area contributed by atoms with Crippen molar-refractivity contribution in [3.63, 3.8) is 0 Å². The minimum Gasteiger partial charge on any atom is -0.340 e. The summed E-state index contributed by atoms with van der Waals surface area (Å²) < 4.78 is 0. The van der Waals surface area contributed by atoms with Crippen molar-refractivity contribution >= 4 is 11.4 Å². The van der Waals surface area contributed by atoms with Crippen molar-refractivity contribution in [2.24, 2.45) is 0 Å². The van der Waals surface area contributed by atoms with Crippen LogP contribution < -0.4 is 21.3 Å². The van der Waals surface area contributed by atoms with Gasteiger partial charge in [-0.05, 0) is 36.8 Å². The van der Waals surface area contributed by atoms with Crippen LogP contribution >= 0.6 is 0 Å². The highest BCUT2D eigenvalue weighted by Crippen LogP contribution is 2.35. The summed E-state index contributed by atoms with van der Waals surface area (Å²) in [6.45, 7) is 0. The lowest BCUT2D eigenvalue weighted by Crippen LogP contribution is -2.26. The van der Waals surface area contributed by atoms with Crippen molar-refractivity contribution in [2.75, 3.05) is 0 Å². The highest BCUT2D eigenvalue weighted by Gasteiger charge is 2.31. The first-order chi connectivity index (χ1) is 12.9. The Bertz CT molecular complexity index is 958. The molecule has 0 saturated carbocycles. The number of rotatable bonds is 0. The monoisotopic (exact) mass is 340 g/mol. The maximum Gasteiger partial charge on any atom is 0.150 e. The van der Waals surface area contributed by atoms with E-state index in [1.807, 2.05) is 0 Å². The molecule has 0 fully saturated rings. The van der Waals surface area contributed by atoms with Gasteiger partial charge in [0.1, 0.15) is 11.6 Å². The Kier molecular flexibility index (Phi) is 2.80. The van der Waals surface area contributed by atoms with Crippen LogP contribution in [0.3, 0.4) is 0 Å². The van der Waals surface area contributed by atoms with Crippen LogP contribution in [0.1, 0.15) is 35.1 Å². The van der Waals surface area contributed by atoms with Crippen LogP contribution in [0, 0.1) is 0 Å². The molecule has 6 rings (SSSR count). The van der Waals surface area contributed by atoms with E-state index in [1.54, 1.807) is 0 Å². The van der Waals surface area contributed by atoms with Crippen LogP contribution in [-0.2, 0) is 12.8 Å². The molecule has 0 bridgehead atoms. The Morgan fingerprint density at radius 3 is 1.46 bits per heavy atom. The molecule has 4 N–H and O–H groups in total. The zero-order valence-corrected chi connectivity index (χ0v) is 14.4. The molecule has 0 unspecified atom stereocenters. The average molecular weight is 340 g/mol. The maximum absolute atomic E-state index is 3.62. The molecule has 0 amide bonds. The molecule has 2 heterocycles. The van der Waals surface area contributed by atoms with Crippen molar-refractivity contribution in [3.05, 3.63) is 93.8 Å². The molecular formula is C22H20N4. The summed E-state index contributed by atoms with van der Waals surface area (Å²) >= 11 is 0. The zero-order chi connectivity index (χ0) is 17.1. The third-order valence-electron chi connectivity index (χ3n) is 5.77. The van der Waals surface area contributed by atoms with Crippen molar-refractivity contribution in [3.8, 4) is 0 Å². The lowest BCUT2D eigenvalue weighted by atomic mass is 9.93. The Morgan fingerprint density at radius 2 is 0.962 bits per heavy atom. The Balaban J connectivity index is 1.33. The van der Waals surface area contributed by atoms with Crippen LogP contribution in [-0.4, -0.2) is 0 Å². The highest BCUT2D eigenvalue weighted by atomic mass is 15.3. The van der Waals surface area contributed by atoms with Gasteiger partial charge in [-0.3, -0.25) is 0 Å². The minimum absolute atomic E-state index is 1.03. The first-order valence-electron chi connectivity index (χ1n) is 9.32. The summed E-state index contributed by atoms with van der Waals surface area (Å²) in [6.07, 6.45) is 4.28. The lowest BCUT2D eigenvalue weighted by Gasteiger charge is -2.16. The minimum atomic E-state index is 1.03. The topological polar surface area (TPSA) is 48.1 Å². The number of aryl methyl sites for hydroxylation is 2. The van der Waals surface area contributed by atoms with E-state index in [0.717, 1.165) is 37.3 Å². The van der Waals surface area contributed by atoms with Crippen molar-refractivity contribution in [1.82, 2.24) is 21.3 Å². The molecule has 26 heavy (non-hydrogen) atoms. The Labute approximate surface area is 152 Å². The predicted octanol–water partition coefficient (Wildman–Crippen LogP) is 3.13. The lowest BCUT2D eigenvalue weighted by molar-refractivity contribution is 0.787. The van der Waals surface area contributed by atoms with E-state index in [1.165, 1.54) is 45.0 Å². The normalized spacial score (nSPS) is 22.5. The summed E-state index contributed by atoms with van der Waals surface area (Å²) in [5, 5.41) is 14.5. The van der Waals surface area contributed by atoms with Crippen molar-refractivity contribution in [2.45, 2.75) is 25.7 Å². The SMILES string of the molecule is c1ccc2c(c1)CCC1=C2N/C(=C2\NC3=C(N2)c2ccccc2CC3)N1. The van der Waals surface area contributed by atoms with Crippen LogP contribution in [0.5, 0.6) is 0 Å². The largest absolute Gasteiger partial charge is 0.340 e. The fourth-order valence-corrected chi connectivity index (χ4v) is 4.46. The number of benzene rings is 2. The van der Waals surface area contributed by atoms with Gasteiger partial charge in [-0.2, -0.15) is 0 Å². The number of hydrogen-bond donors (Lipinski definition) is 4. The van der Waals surface area contributed by atoms with Crippen LogP contribution in [0.25, 0.3) is 11.4 Å². The number of nitrogens with one attached hydrogen (secondary N) is 4. The maximum atomic E-state index is 3.62. The Morgan fingerprint density at radius 1 is 0.500 bits per heavy atom. The third kappa shape index (κ3) is 1.96. The third-order valence-corrected chi connectivity index (χ3v) is 5.77. The van der Waals surface area contributed by atoms with Gasteiger partial charge in [0.05, 0.1) is 11.4 Å². The first kappa shape index (κ1) is 14.1. The molecule has 0 atom stereocenters. The molecule has 128 valence electrons. The van der Waals surface area contributed by atoms with E-state index in [2.05, 4.69) is 69.8 Å². The van der Waals surface area contributed by atoms with E-state index >= 15 is 0 Å². The standard InChI is InChI=1S/C22H20N4/c1-3-7-15-13(5-1)9-11-17-19(15)25-21(23-17)22-24-18-12-10-14-6-2-4-8-16(14)20(18)26-22/h1-8,23-26H,9-12H2/b22-21+. The fourth-order valence-electron chi connectivity index (χ4n) is 4.46. The molecule has 2 aromatic rings. The molecule has 2 aliphatic heterocycles. The van der Waals surface area contributed by atoms with Crippen molar-refractivity contribution in [1.29, 1.82) is 0 Å². The molecule has 4 heteroatoms. The first-order valence-corrected chi connectivity index (χ1v) is 9.32. The molecular weight excluding hydrogens is 320 g/mol. The molecule has 0 radical (unpaired) electrons.